The summed E-state index contributed by atoms with van der Waals surface area (Å²) in [6.45, 7) is 0. The number of carbonyl (C=O) groups is 1. The third-order valence-corrected chi connectivity index (χ3v) is 3.76. The average Bonchev–Trinajstić information content (AvgIpc) is 2.26. The Bertz CT molecular complexity index is 627. The van der Waals surface area contributed by atoms with Crippen molar-refractivity contribution in [1.29, 1.82) is 0 Å². The monoisotopic (exact) mass is 313 g/mol. The van der Waals surface area contributed by atoms with Crippen molar-refractivity contribution in [2.75, 3.05) is 7.11 Å². The Morgan fingerprint density at radius 1 is 1.44 bits per heavy atom. The Morgan fingerprint density at radius 2 is 2.00 bits per heavy atom. The summed E-state index contributed by atoms with van der Waals surface area (Å²) >= 11 is 5.55. The molecule has 0 spiro atoms. The van der Waals surface area contributed by atoms with Crippen molar-refractivity contribution >= 4 is 43.0 Å². The van der Waals surface area contributed by atoms with Crippen LogP contribution >= 0.6 is 22.3 Å². The van der Waals surface area contributed by atoms with Gasteiger partial charge >= 0.3 is 5.97 Å². The summed E-state index contributed by atoms with van der Waals surface area (Å²) in [5.74, 6) is -0.948. The second kappa shape index (κ2) is 5.09. The highest BCUT2D eigenvalue weighted by atomic mass is 35.7. The topological polar surface area (TPSA) is 104 Å². The van der Waals surface area contributed by atoms with Crippen LogP contribution in [0.5, 0.6) is 0 Å². The maximum absolute atomic E-state index is 11.3. The zero-order valence-electron chi connectivity index (χ0n) is 8.72. The van der Waals surface area contributed by atoms with Crippen molar-refractivity contribution in [2.24, 2.45) is 0 Å². The molecule has 0 heterocycles. The van der Waals surface area contributed by atoms with E-state index in [0.29, 0.717) is 0 Å². The van der Waals surface area contributed by atoms with E-state index in [2.05, 4.69) is 4.74 Å². The molecule has 10 heteroatoms. The number of carbonyl (C=O) groups excluding carboxylic acids is 1. The minimum absolute atomic E-state index is 0.340. The van der Waals surface area contributed by atoms with Crippen molar-refractivity contribution in [2.45, 2.75) is 4.90 Å². The first-order valence-electron chi connectivity index (χ1n) is 4.19. The molecule has 7 nitrogen and oxygen atoms in total. The van der Waals surface area contributed by atoms with E-state index >= 15 is 0 Å². The number of nitrogens with zero attached hydrogens (tertiary/aromatic N) is 1. The molecule has 18 heavy (non-hydrogen) atoms. The first-order chi connectivity index (χ1) is 8.18. The first-order valence-corrected chi connectivity index (χ1v) is 6.88. The number of ether oxygens (including phenoxy) is 1. The van der Waals surface area contributed by atoms with E-state index in [9.17, 15) is 23.3 Å². The molecular formula is C8H5Cl2NO6S. The lowest BCUT2D eigenvalue weighted by atomic mass is 10.2. The number of nitro groups is 1. The number of nitro benzene ring substituents is 1. The van der Waals surface area contributed by atoms with Gasteiger partial charge in [-0.1, -0.05) is 11.6 Å². The summed E-state index contributed by atoms with van der Waals surface area (Å²) in [5, 5.41) is 10.0. The fourth-order valence-corrected chi connectivity index (χ4v) is 2.68. The van der Waals surface area contributed by atoms with Gasteiger partial charge in [-0.15, -0.1) is 0 Å². The summed E-state index contributed by atoms with van der Waals surface area (Å²) in [7, 11) is 1.79. The van der Waals surface area contributed by atoms with Crippen LogP contribution in [0.25, 0.3) is 0 Å². The summed E-state index contributed by atoms with van der Waals surface area (Å²) in [6, 6.07) is 1.61. The summed E-state index contributed by atoms with van der Waals surface area (Å²) < 4.78 is 26.7. The summed E-state index contributed by atoms with van der Waals surface area (Å²) in [4.78, 5) is 20.3. The number of halogens is 2. The zero-order chi connectivity index (χ0) is 14.1. The molecule has 0 radical (unpaired) electrons. The molecule has 0 aliphatic heterocycles. The van der Waals surface area contributed by atoms with Crippen LogP contribution in [0.3, 0.4) is 0 Å². The van der Waals surface area contributed by atoms with Gasteiger partial charge in [-0.25, -0.2) is 13.2 Å². The van der Waals surface area contributed by atoms with Crippen molar-refractivity contribution in [1.82, 2.24) is 0 Å². The van der Waals surface area contributed by atoms with Gasteiger partial charge in [0.25, 0.3) is 14.7 Å². The number of benzene rings is 1. The van der Waals surface area contributed by atoms with Gasteiger partial charge in [-0.05, 0) is 6.07 Å². The number of hydrogen-bond donors (Lipinski definition) is 0. The van der Waals surface area contributed by atoms with E-state index in [1.165, 1.54) is 0 Å². The number of esters is 1. The summed E-state index contributed by atoms with van der Waals surface area (Å²) in [6.07, 6.45) is 0. The Kier molecular flexibility index (Phi) is 4.15. The van der Waals surface area contributed by atoms with Crippen LogP contribution in [-0.4, -0.2) is 26.4 Å². The third kappa shape index (κ3) is 2.89. The van der Waals surface area contributed by atoms with Crippen LogP contribution in [0.1, 0.15) is 10.4 Å². The van der Waals surface area contributed by atoms with Crippen LogP contribution in [0.4, 0.5) is 5.69 Å². The molecule has 0 unspecified atom stereocenters. The molecule has 98 valence electrons. The average molecular weight is 314 g/mol. The van der Waals surface area contributed by atoms with Crippen molar-refractivity contribution in [3.63, 3.8) is 0 Å². The highest BCUT2D eigenvalue weighted by Crippen LogP contribution is 2.34. The van der Waals surface area contributed by atoms with E-state index in [0.717, 1.165) is 19.2 Å². The van der Waals surface area contributed by atoms with E-state index in [4.69, 9.17) is 22.3 Å². The maximum Gasteiger partial charge on any atom is 0.338 e. The van der Waals surface area contributed by atoms with Gasteiger partial charge in [-0.2, -0.15) is 0 Å². The first kappa shape index (κ1) is 14.7. The highest BCUT2D eigenvalue weighted by molar-refractivity contribution is 8.13. The Balaban J connectivity index is 3.68. The van der Waals surface area contributed by atoms with Gasteiger partial charge in [0.05, 0.1) is 17.6 Å². The Labute approximate surface area is 111 Å². The molecule has 1 aromatic carbocycles. The molecule has 0 atom stereocenters. The quantitative estimate of drug-likeness (QED) is 0.365. The molecule has 0 aliphatic rings. The standard InChI is InChI=1S/C8H5Cl2NO6S/c1-17-8(12)4-2-5(11(13)14)7(9)6(3-4)18(10,15)16/h2-3H,1H3. The minimum Gasteiger partial charge on any atom is -0.465 e. The third-order valence-electron chi connectivity index (χ3n) is 1.90. The smallest absolute Gasteiger partial charge is 0.338 e. The van der Waals surface area contributed by atoms with E-state index in [-0.39, 0.29) is 5.56 Å². The van der Waals surface area contributed by atoms with E-state index in [1.807, 2.05) is 0 Å². The number of hydrogen-bond acceptors (Lipinski definition) is 6. The van der Waals surface area contributed by atoms with Gasteiger partial charge < -0.3 is 4.74 Å². The largest absolute Gasteiger partial charge is 0.465 e. The van der Waals surface area contributed by atoms with Crippen LogP contribution < -0.4 is 0 Å². The SMILES string of the molecule is COC(=O)c1cc([N+](=O)[O-])c(Cl)c(S(=O)(=O)Cl)c1. The Morgan fingerprint density at radius 3 is 2.39 bits per heavy atom. The predicted molar refractivity (Wildman–Crippen MR) is 62.5 cm³/mol. The number of rotatable bonds is 3. The minimum atomic E-state index is -4.33. The second-order valence-corrected chi connectivity index (χ2v) is 5.91. The molecule has 0 saturated heterocycles. The zero-order valence-corrected chi connectivity index (χ0v) is 11.0. The molecule has 0 aliphatic carbocycles. The lowest BCUT2D eigenvalue weighted by molar-refractivity contribution is -0.384. The normalized spacial score (nSPS) is 11.1. The van der Waals surface area contributed by atoms with Gasteiger partial charge in [0.15, 0.2) is 0 Å². The van der Waals surface area contributed by atoms with Crippen molar-refractivity contribution < 1.29 is 22.9 Å². The van der Waals surface area contributed by atoms with Crippen LogP contribution in [-0.2, 0) is 13.8 Å². The van der Waals surface area contributed by atoms with E-state index < -0.39 is 35.5 Å². The van der Waals surface area contributed by atoms with E-state index in [1.54, 1.807) is 0 Å². The molecule has 0 bridgehead atoms. The van der Waals surface area contributed by atoms with Crippen LogP contribution in [0.2, 0.25) is 5.02 Å². The molecule has 1 aromatic rings. The van der Waals surface area contributed by atoms with Gasteiger partial charge in [0.2, 0.25) is 0 Å². The molecule has 0 amide bonds. The molecule has 0 saturated carbocycles. The van der Waals surface area contributed by atoms with Crippen molar-refractivity contribution in [3.05, 3.63) is 32.8 Å². The van der Waals surface area contributed by atoms with Crippen LogP contribution in [0.15, 0.2) is 17.0 Å². The summed E-state index contributed by atoms with van der Waals surface area (Å²) in [5.41, 5.74) is -1.09. The molecular weight excluding hydrogens is 309 g/mol. The number of methoxy groups -OCH3 is 1. The van der Waals surface area contributed by atoms with Gasteiger partial charge in [0, 0.05) is 16.7 Å². The fourth-order valence-electron chi connectivity index (χ4n) is 1.13. The van der Waals surface area contributed by atoms with Gasteiger partial charge in [0.1, 0.15) is 9.92 Å². The highest BCUT2D eigenvalue weighted by Gasteiger charge is 2.27. The second-order valence-electron chi connectivity index (χ2n) is 2.99. The predicted octanol–water partition coefficient (Wildman–Crippen LogP) is 1.96. The van der Waals surface area contributed by atoms with Gasteiger partial charge in [-0.3, -0.25) is 10.1 Å². The molecule has 1 rings (SSSR count). The van der Waals surface area contributed by atoms with Crippen molar-refractivity contribution in [3.8, 4) is 0 Å². The lowest BCUT2D eigenvalue weighted by Crippen LogP contribution is -2.05. The molecule has 0 fully saturated rings. The Hall–Kier alpha value is -1.38. The lowest BCUT2D eigenvalue weighted by Gasteiger charge is -2.04. The molecule has 0 N–H and O–H groups in total. The maximum atomic E-state index is 11.3. The van der Waals surface area contributed by atoms with Crippen LogP contribution in [0, 0.1) is 10.1 Å². The molecule has 0 aromatic heterocycles. The fraction of sp³-hybridized carbons (Fsp3) is 0.125.